The third kappa shape index (κ3) is 2.82. The van der Waals surface area contributed by atoms with Gasteiger partial charge in [-0.05, 0) is 46.2 Å². The van der Waals surface area contributed by atoms with Crippen molar-refractivity contribution >= 4 is 0 Å². The number of hydrogen-bond acceptors (Lipinski definition) is 5. The van der Waals surface area contributed by atoms with E-state index in [1.54, 1.807) is 0 Å². The highest BCUT2D eigenvalue weighted by molar-refractivity contribution is 5.03. The molecule has 2 fully saturated rings. The molecular formula is C14H24N4O. The van der Waals surface area contributed by atoms with Crippen LogP contribution in [0.2, 0.25) is 0 Å². The smallest absolute Gasteiger partial charge is 0.231 e. The van der Waals surface area contributed by atoms with E-state index in [1.165, 1.54) is 19.4 Å². The van der Waals surface area contributed by atoms with E-state index in [2.05, 4.69) is 34.2 Å². The van der Waals surface area contributed by atoms with E-state index in [1.807, 2.05) is 0 Å². The fourth-order valence-corrected chi connectivity index (χ4v) is 3.13. The summed E-state index contributed by atoms with van der Waals surface area (Å²) >= 11 is 0. The third-order valence-corrected chi connectivity index (χ3v) is 4.42. The Balaban J connectivity index is 1.68. The molecule has 1 N–H and O–H groups in total. The second kappa shape index (κ2) is 5.59. The van der Waals surface area contributed by atoms with Crippen LogP contribution in [0.15, 0.2) is 4.52 Å². The van der Waals surface area contributed by atoms with Gasteiger partial charge in [0.1, 0.15) is 0 Å². The molecule has 2 aliphatic rings. The zero-order chi connectivity index (χ0) is 13.2. The molecule has 2 saturated heterocycles. The van der Waals surface area contributed by atoms with Gasteiger partial charge >= 0.3 is 0 Å². The first-order valence-electron chi connectivity index (χ1n) is 7.52. The summed E-state index contributed by atoms with van der Waals surface area (Å²) in [6.07, 6.45) is 3.53. The van der Waals surface area contributed by atoms with E-state index >= 15 is 0 Å². The summed E-state index contributed by atoms with van der Waals surface area (Å²) in [6.45, 7) is 8.82. The lowest BCUT2D eigenvalue weighted by Crippen LogP contribution is -2.39. The molecule has 0 bridgehead atoms. The average molecular weight is 264 g/mol. The molecule has 2 aliphatic heterocycles. The minimum Gasteiger partial charge on any atom is -0.339 e. The van der Waals surface area contributed by atoms with Crippen molar-refractivity contribution in [2.75, 3.05) is 26.2 Å². The Labute approximate surface area is 114 Å². The van der Waals surface area contributed by atoms with Crippen LogP contribution in [0.25, 0.3) is 0 Å². The quantitative estimate of drug-likeness (QED) is 0.901. The normalized spacial score (nSPS) is 29.2. The topological polar surface area (TPSA) is 54.2 Å². The van der Waals surface area contributed by atoms with Crippen LogP contribution in [0, 0.1) is 0 Å². The number of rotatable bonds is 3. The van der Waals surface area contributed by atoms with Crippen LogP contribution in [0.3, 0.4) is 0 Å². The van der Waals surface area contributed by atoms with Crippen LogP contribution in [0.5, 0.6) is 0 Å². The van der Waals surface area contributed by atoms with Crippen LogP contribution in [0.4, 0.5) is 0 Å². The molecule has 0 amide bonds. The van der Waals surface area contributed by atoms with Gasteiger partial charge in [0, 0.05) is 25.0 Å². The lowest BCUT2D eigenvalue weighted by molar-refractivity contribution is 0.163. The molecule has 106 valence electrons. The molecule has 0 spiro atoms. The van der Waals surface area contributed by atoms with Gasteiger partial charge in [-0.15, -0.1) is 0 Å². The van der Waals surface area contributed by atoms with E-state index in [4.69, 9.17) is 4.52 Å². The first-order valence-corrected chi connectivity index (χ1v) is 7.52. The van der Waals surface area contributed by atoms with Crippen LogP contribution in [0.1, 0.15) is 56.7 Å². The van der Waals surface area contributed by atoms with Gasteiger partial charge in [-0.25, -0.2) is 0 Å². The van der Waals surface area contributed by atoms with Crippen molar-refractivity contribution < 1.29 is 4.52 Å². The maximum Gasteiger partial charge on any atom is 0.231 e. The number of hydrogen-bond donors (Lipinski definition) is 1. The highest BCUT2D eigenvalue weighted by Gasteiger charge is 2.28. The van der Waals surface area contributed by atoms with Crippen LogP contribution in [-0.4, -0.2) is 47.3 Å². The van der Waals surface area contributed by atoms with Crippen molar-refractivity contribution in [3.63, 3.8) is 0 Å². The summed E-state index contributed by atoms with van der Waals surface area (Å²) in [4.78, 5) is 7.18. The van der Waals surface area contributed by atoms with E-state index in [0.717, 1.165) is 37.8 Å². The zero-order valence-corrected chi connectivity index (χ0v) is 11.9. The van der Waals surface area contributed by atoms with Crippen molar-refractivity contribution in [3.05, 3.63) is 11.7 Å². The number of nitrogens with zero attached hydrogens (tertiary/aromatic N) is 3. The molecule has 1 aromatic heterocycles. The predicted octanol–water partition coefficient (Wildman–Crippen LogP) is 1.73. The lowest BCUT2D eigenvalue weighted by Gasteiger charge is -2.34. The Morgan fingerprint density at radius 3 is 2.95 bits per heavy atom. The molecule has 0 radical (unpaired) electrons. The SMILES string of the molecule is CC(C)N1CCCC(c2noc(C3CCNC3)n2)C1. The highest BCUT2D eigenvalue weighted by Crippen LogP contribution is 2.28. The van der Waals surface area contributed by atoms with E-state index in [0.29, 0.717) is 17.9 Å². The summed E-state index contributed by atoms with van der Waals surface area (Å²) in [6, 6.07) is 0.605. The minimum absolute atomic E-state index is 0.422. The third-order valence-electron chi connectivity index (χ3n) is 4.42. The van der Waals surface area contributed by atoms with E-state index in [-0.39, 0.29) is 0 Å². The molecule has 0 saturated carbocycles. The Morgan fingerprint density at radius 2 is 2.21 bits per heavy atom. The fraction of sp³-hybridized carbons (Fsp3) is 0.857. The van der Waals surface area contributed by atoms with Gasteiger partial charge in [0.05, 0.1) is 5.92 Å². The van der Waals surface area contributed by atoms with Gasteiger partial charge in [0.15, 0.2) is 5.82 Å². The summed E-state index contributed by atoms with van der Waals surface area (Å²) < 4.78 is 5.48. The Morgan fingerprint density at radius 1 is 1.32 bits per heavy atom. The molecule has 3 heterocycles. The predicted molar refractivity (Wildman–Crippen MR) is 73.2 cm³/mol. The molecule has 5 heteroatoms. The molecule has 0 aliphatic carbocycles. The van der Waals surface area contributed by atoms with Crippen molar-refractivity contribution in [1.82, 2.24) is 20.4 Å². The van der Waals surface area contributed by atoms with Crippen molar-refractivity contribution in [2.45, 2.75) is 51.0 Å². The van der Waals surface area contributed by atoms with E-state index < -0.39 is 0 Å². The Hall–Kier alpha value is -0.940. The lowest BCUT2D eigenvalue weighted by atomic mass is 9.96. The van der Waals surface area contributed by atoms with Gasteiger partial charge < -0.3 is 14.7 Å². The van der Waals surface area contributed by atoms with Gasteiger partial charge in [-0.3, -0.25) is 0 Å². The van der Waals surface area contributed by atoms with Crippen molar-refractivity contribution in [1.29, 1.82) is 0 Å². The number of piperidine rings is 1. The summed E-state index contributed by atoms with van der Waals surface area (Å²) in [5, 5.41) is 7.58. The number of likely N-dealkylation sites (tertiary alicyclic amines) is 1. The van der Waals surface area contributed by atoms with Crippen LogP contribution < -0.4 is 5.32 Å². The van der Waals surface area contributed by atoms with Gasteiger partial charge in [0.25, 0.3) is 0 Å². The van der Waals surface area contributed by atoms with Crippen molar-refractivity contribution in [3.8, 4) is 0 Å². The largest absolute Gasteiger partial charge is 0.339 e. The monoisotopic (exact) mass is 264 g/mol. The second-order valence-electron chi connectivity index (χ2n) is 6.11. The van der Waals surface area contributed by atoms with Gasteiger partial charge in [0.2, 0.25) is 5.89 Å². The Bertz CT molecular complexity index is 411. The molecule has 2 atom stereocenters. The standard InChI is InChI=1S/C14H24N4O/c1-10(2)18-7-3-4-12(9-18)13-16-14(19-17-13)11-5-6-15-8-11/h10-12,15H,3-9H2,1-2H3. The summed E-state index contributed by atoms with van der Waals surface area (Å²) in [5.74, 6) is 2.63. The van der Waals surface area contributed by atoms with Crippen LogP contribution >= 0.6 is 0 Å². The molecular weight excluding hydrogens is 240 g/mol. The number of aromatic nitrogens is 2. The average Bonchev–Trinajstić information content (AvgIpc) is 3.09. The van der Waals surface area contributed by atoms with Gasteiger partial charge in [-0.2, -0.15) is 4.98 Å². The molecule has 19 heavy (non-hydrogen) atoms. The zero-order valence-electron chi connectivity index (χ0n) is 11.9. The maximum atomic E-state index is 5.48. The van der Waals surface area contributed by atoms with E-state index in [9.17, 15) is 0 Å². The first kappa shape index (κ1) is 13.1. The fourth-order valence-electron chi connectivity index (χ4n) is 3.13. The second-order valence-corrected chi connectivity index (χ2v) is 6.11. The molecule has 0 aromatic carbocycles. The molecule has 1 aromatic rings. The minimum atomic E-state index is 0.422. The highest BCUT2D eigenvalue weighted by atomic mass is 16.5. The molecule has 2 unspecified atom stereocenters. The van der Waals surface area contributed by atoms with Crippen LogP contribution in [-0.2, 0) is 0 Å². The first-order chi connectivity index (χ1) is 9.24. The molecule has 3 rings (SSSR count). The Kier molecular flexibility index (Phi) is 3.84. The van der Waals surface area contributed by atoms with Gasteiger partial charge in [-0.1, -0.05) is 5.16 Å². The number of nitrogens with one attached hydrogen (secondary N) is 1. The maximum absolute atomic E-state index is 5.48. The summed E-state index contributed by atoms with van der Waals surface area (Å²) in [7, 11) is 0. The summed E-state index contributed by atoms with van der Waals surface area (Å²) in [5.41, 5.74) is 0. The van der Waals surface area contributed by atoms with Crippen molar-refractivity contribution in [2.24, 2.45) is 0 Å². The molecule has 5 nitrogen and oxygen atoms in total.